The molecule has 1 saturated heterocycles. The molecule has 0 radical (unpaired) electrons. The van der Waals surface area contributed by atoms with E-state index in [4.69, 9.17) is 4.98 Å². The predicted molar refractivity (Wildman–Crippen MR) is 135 cm³/mol. The molecule has 6 heteroatoms. The van der Waals surface area contributed by atoms with Gasteiger partial charge in [0.15, 0.2) is 0 Å². The van der Waals surface area contributed by atoms with Gasteiger partial charge in [0.25, 0.3) is 0 Å². The van der Waals surface area contributed by atoms with Crippen molar-refractivity contribution < 1.29 is 24.8 Å². The summed E-state index contributed by atoms with van der Waals surface area (Å²) in [6, 6.07) is 27.2. The van der Waals surface area contributed by atoms with Crippen LogP contribution < -0.4 is 35.4 Å². The van der Waals surface area contributed by atoms with Crippen molar-refractivity contribution in [3.63, 3.8) is 0 Å². The van der Waals surface area contributed by atoms with E-state index in [1.54, 1.807) is 0 Å². The standard InChI is InChI=1S/C28H30N4.2ClH/c1-21-26(20-32-18-8-3-9-19-32)28(25-12-6-7-13-27(25)29-21)31-24-16-14-23(15-17-24)30-22-10-4-2-5-11-22;;/h2,4-7,10-17,30H,3,8-9,18-20H2,1H3,(H,29,31);2*1H/p-2. The number of fused-ring (bicyclic) bond motifs is 1. The smallest absolute Gasteiger partial charge is 0.0726 e. The number of hydrogen-bond acceptors (Lipinski definition) is 4. The van der Waals surface area contributed by atoms with E-state index in [1.165, 1.54) is 49.0 Å². The Labute approximate surface area is 214 Å². The van der Waals surface area contributed by atoms with E-state index >= 15 is 0 Å². The summed E-state index contributed by atoms with van der Waals surface area (Å²) >= 11 is 0. The highest BCUT2D eigenvalue weighted by atomic mass is 35.5. The van der Waals surface area contributed by atoms with Crippen LogP contribution in [0.2, 0.25) is 0 Å². The summed E-state index contributed by atoms with van der Waals surface area (Å²) < 4.78 is 0. The lowest BCUT2D eigenvalue weighted by molar-refractivity contribution is -0.001000. The van der Waals surface area contributed by atoms with Crippen molar-refractivity contribution in [1.82, 2.24) is 9.88 Å². The number of nitrogens with zero attached hydrogens (tertiary/aromatic N) is 2. The fourth-order valence-electron chi connectivity index (χ4n) is 4.52. The van der Waals surface area contributed by atoms with Crippen LogP contribution in [0.25, 0.3) is 10.9 Å². The number of piperidine rings is 1. The minimum atomic E-state index is 0. The van der Waals surface area contributed by atoms with E-state index in [1.807, 2.05) is 18.2 Å². The van der Waals surface area contributed by atoms with E-state index < -0.39 is 0 Å². The summed E-state index contributed by atoms with van der Waals surface area (Å²) in [4.78, 5) is 7.50. The van der Waals surface area contributed by atoms with E-state index in [9.17, 15) is 0 Å². The van der Waals surface area contributed by atoms with Crippen molar-refractivity contribution in [3.05, 3.63) is 90.1 Å². The molecule has 3 aromatic carbocycles. The molecule has 34 heavy (non-hydrogen) atoms. The average Bonchev–Trinajstić information content (AvgIpc) is 2.84. The molecular formula is C28H30Cl2N4-2. The van der Waals surface area contributed by atoms with Gasteiger partial charge in [-0.3, -0.25) is 9.88 Å². The van der Waals surface area contributed by atoms with E-state index in [0.29, 0.717) is 0 Å². The van der Waals surface area contributed by atoms with Gasteiger partial charge >= 0.3 is 0 Å². The normalized spacial score (nSPS) is 13.6. The topological polar surface area (TPSA) is 40.2 Å². The van der Waals surface area contributed by atoms with Gasteiger partial charge in [0.1, 0.15) is 0 Å². The molecule has 4 nitrogen and oxygen atoms in total. The first-order chi connectivity index (χ1) is 15.8. The number of aryl methyl sites for hydroxylation is 1. The number of halogens is 2. The summed E-state index contributed by atoms with van der Waals surface area (Å²) in [5, 5.41) is 8.37. The van der Waals surface area contributed by atoms with Gasteiger partial charge in [0.05, 0.1) is 11.2 Å². The van der Waals surface area contributed by atoms with Crippen molar-refractivity contribution in [1.29, 1.82) is 0 Å². The van der Waals surface area contributed by atoms with E-state index in [0.717, 1.165) is 34.8 Å². The molecule has 0 atom stereocenters. The minimum Gasteiger partial charge on any atom is -1.00 e. The van der Waals surface area contributed by atoms with Crippen LogP contribution in [0.4, 0.5) is 22.7 Å². The molecule has 1 aliphatic rings. The zero-order valence-electron chi connectivity index (χ0n) is 19.4. The lowest BCUT2D eigenvalue weighted by Crippen LogP contribution is -3.00. The largest absolute Gasteiger partial charge is 1.00 e. The number of para-hydroxylation sites is 2. The van der Waals surface area contributed by atoms with Gasteiger partial charge in [-0.05, 0) is 75.3 Å². The van der Waals surface area contributed by atoms with Crippen molar-refractivity contribution in [2.75, 3.05) is 23.7 Å². The number of hydrogen-bond donors (Lipinski definition) is 2. The maximum Gasteiger partial charge on any atom is 0.0726 e. The second kappa shape index (κ2) is 12.1. The highest BCUT2D eigenvalue weighted by Gasteiger charge is 2.18. The molecule has 0 aliphatic carbocycles. The number of benzene rings is 3. The quantitative estimate of drug-likeness (QED) is 0.421. The van der Waals surface area contributed by atoms with Crippen LogP contribution in [0, 0.1) is 6.92 Å². The van der Waals surface area contributed by atoms with Crippen LogP contribution in [-0.4, -0.2) is 23.0 Å². The third kappa shape index (κ3) is 6.01. The Bertz CT molecular complexity index is 1190. The van der Waals surface area contributed by atoms with Gasteiger partial charge in [-0.1, -0.05) is 42.8 Å². The first-order valence-corrected chi connectivity index (χ1v) is 11.6. The van der Waals surface area contributed by atoms with Crippen molar-refractivity contribution >= 4 is 33.7 Å². The second-order valence-corrected chi connectivity index (χ2v) is 8.60. The highest BCUT2D eigenvalue weighted by molar-refractivity contribution is 5.95. The van der Waals surface area contributed by atoms with Crippen molar-refractivity contribution in [2.24, 2.45) is 0 Å². The monoisotopic (exact) mass is 492 g/mol. The molecule has 2 N–H and O–H groups in total. The summed E-state index contributed by atoms with van der Waals surface area (Å²) in [7, 11) is 0. The number of aromatic nitrogens is 1. The molecule has 178 valence electrons. The average molecular weight is 493 g/mol. The van der Waals surface area contributed by atoms with E-state index in [2.05, 4.69) is 83.1 Å². The van der Waals surface area contributed by atoms with Gasteiger partial charge in [0.2, 0.25) is 0 Å². The maximum absolute atomic E-state index is 4.93. The van der Waals surface area contributed by atoms with Crippen molar-refractivity contribution in [2.45, 2.75) is 32.7 Å². The summed E-state index contributed by atoms with van der Waals surface area (Å²) in [6.07, 6.45) is 3.93. The summed E-state index contributed by atoms with van der Waals surface area (Å²) in [5.74, 6) is 0. The van der Waals surface area contributed by atoms with Gasteiger partial charge in [-0.2, -0.15) is 0 Å². The van der Waals surface area contributed by atoms with Crippen LogP contribution in [0.15, 0.2) is 78.9 Å². The number of anilines is 4. The number of rotatable bonds is 6. The fourth-order valence-corrected chi connectivity index (χ4v) is 4.52. The summed E-state index contributed by atoms with van der Waals surface area (Å²) in [6.45, 7) is 5.43. The van der Waals surface area contributed by atoms with Gasteiger partial charge in [-0.25, -0.2) is 0 Å². The molecule has 2 heterocycles. The van der Waals surface area contributed by atoms with Crippen LogP contribution in [0.5, 0.6) is 0 Å². The Hall–Kier alpha value is -2.79. The zero-order valence-corrected chi connectivity index (χ0v) is 20.9. The SMILES string of the molecule is Cc1nc2ccccc2c(Nc2ccc(Nc3ccccc3)cc2)c1CN1CCCCC1.[Cl-].[Cl-]. The van der Waals surface area contributed by atoms with Gasteiger partial charge in [-0.15, -0.1) is 0 Å². The third-order valence-electron chi connectivity index (χ3n) is 6.25. The van der Waals surface area contributed by atoms with Crippen LogP contribution in [-0.2, 0) is 6.54 Å². The molecule has 1 aliphatic heterocycles. The molecule has 0 amide bonds. The Kier molecular flexibility index (Phi) is 9.17. The first-order valence-electron chi connectivity index (χ1n) is 11.6. The second-order valence-electron chi connectivity index (χ2n) is 8.60. The molecule has 1 fully saturated rings. The summed E-state index contributed by atoms with van der Waals surface area (Å²) in [5.41, 5.74) is 7.88. The molecule has 5 rings (SSSR count). The Balaban J connectivity index is 0.00000162. The fraction of sp³-hybridized carbons (Fsp3) is 0.250. The molecule has 0 saturated carbocycles. The van der Waals surface area contributed by atoms with Crippen LogP contribution >= 0.6 is 0 Å². The van der Waals surface area contributed by atoms with Gasteiger partial charge < -0.3 is 35.4 Å². The minimum absolute atomic E-state index is 0. The molecular weight excluding hydrogens is 463 g/mol. The number of nitrogens with one attached hydrogen (secondary N) is 2. The number of pyridine rings is 1. The zero-order chi connectivity index (χ0) is 21.8. The maximum atomic E-state index is 4.93. The Morgan fingerprint density at radius 1 is 0.706 bits per heavy atom. The van der Waals surface area contributed by atoms with Gasteiger partial charge in [0, 0.05) is 40.3 Å². The Morgan fingerprint density at radius 3 is 2.00 bits per heavy atom. The molecule has 0 spiro atoms. The lowest BCUT2D eigenvalue weighted by Gasteiger charge is -2.28. The number of likely N-dealkylation sites (tertiary alicyclic amines) is 1. The molecule has 4 aromatic rings. The molecule has 0 bridgehead atoms. The van der Waals surface area contributed by atoms with Crippen LogP contribution in [0.1, 0.15) is 30.5 Å². The third-order valence-corrected chi connectivity index (χ3v) is 6.25. The molecule has 0 unspecified atom stereocenters. The predicted octanol–water partition coefficient (Wildman–Crippen LogP) is 1.02. The lowest BCUT2D eigenvalue weighted by atomic mass is 10.0. The molecule has 1 aromatic heterocycles. The Morgan fingerprint density at radius 2 is 1.29 bits per heavy atom. The highest BCUT2D eigenvalue weighted by Crippen LogP contribution is 2.33. The first kappa shape index (κ1) is 25.8. The van der Waals surface area contributed by atoms with Crippen LogP contribution in [0.3, 0.4) is 0 Å². The van der Waals surface area contributed by atoms with Crippen molar-refractivity contribution in [3.8, 4) is 0 Å². The van der Waals surface area contributed by atoms with E-state index in [-0.39, 0.29) is 24.8 Å².